The summed E-state index contributed by atoms with van der Waals surface area (Å²) in [5.41, 5.74) is 0.153. The Balaban J connectivity index is 2.08. The van der Waals surface area contributed by atoms with Gasteiger partial charge in [0.05, 0.1) is 4.92 Å². The van der Waals surface area contributed by atoms with E-state index < -0.39 is 4.92 Å². The molecule has 8 nitrogen and oxygen atoms in total. The Hall–Kier alpha value is -1.96. The topological polar surface area (TPSA) is 93.4 Å². The molecule has 0 aliphatic carbocycles. The highest BCUT2D eigenvalue weighted by Crippen LogP contribution is 2.28. The lowest BCUT2D eigenvalue weighted by molar-refractivity contribution is -0.387. The number of hydrogen-bond donors (Lipinski definition) is 1. The summed E-state index contributed by atoms with van der Waals surface area (Å²) in [6, 6.07) is 0. The number of aryl methyl sites for hydroxylation is 1. The van der Waals surface area contributed by atoms with Gasteiger partial charge in [-0.25, -0.2) is 4.98 Å². The number of nitrogens with zero attached hydrogens (tertiary/aromatic N) is 4. The lowest BCUT2D eigenvalue weighted by Crippen LogP contribution is -2.25. The third-order valence-corrected chi connectivity index (χ3v) is 3.39. The van der Waals surface area contributed by atoms with Crippen molar-refractivity contribution in [3.05, 3.63) is 15.8 Å². The molecule has 0 aromatic carbocycles. The Bertz CT molecular complexity index is 503. The van der Waals surface area contributed by atoms with Crippen molar-refractivity contribution < 1.29 is 9.66 Å². The van der Waals surface area contributed by atoms with Crippen LogP contribution < -0.4 is 10.1 Å². The van der Waals surface area contributed by atoms with Gasteiger partial charge >= 0.3 is 5.69 Å². The molecular formula is C13H21N5O3. The van der Waals surface area contributed by atoms with E-state index in [4.69, 9.17) is 4.74 Å². The Labute approximate surface area is 123 Å². The van der Waals surface area contributed by atoms with E-state index in [2.05, 4.69) is 20.2 Å². The van der Waals surface area contributed by atoms with Crippen molar-refractivity contribution in [2.75, 3.05) is 38.1 Å². The largest absolute Gasteiger partial charge is 0.471 e. The second-order valence-corrected chi connectivity index (χ2v) is 4.97. The molecule has 116 valence electrons. The number of aromatic nitrogens is 2. The molecule has 1 aromatic heterocycles. The maximum atomic E-state index is 11.1. The van der Waals surface area contributed by atoms with Gasteiger partial charge in [-0.1, -0.05) is 0 Å². The molecule has 1 saturated heterocycles. The number of nitro groups is 1. The first-order chi connectivity index (χ1) is 10.1. The number of anilines is 1. The molecule has 0 atom stereocenters. The maximum absolute atomic E-state index is 11.1. The summed E-state index contributed by atoms with van der Waals surface area (Å²) in [4.78, 5) is 21.1. The van der Waals surface area contributed by atoms with Crippen molar-refractivity contribution in [3.63, 3.8) is 0 Å². The van der Waals surface area contributed by atoms with Gasteiger partial charge in [0.1, 0.15) is 12.3 Å². The molecule has 21 heavy (non-hydrogen) atoms. The van der Waals surface area contributed by atoms with Gasteiger partial charge in [-0.05, 0) is 39.8 Å². The van der Waals surface area contributed by atoms with E-state index >= 15 is 0 Å². The first-order valence-electron chi connectivity index (χ1n) is 7.24. The molecule has 0 spiro atoms. The summed E-state index contributed by atoms with van der Waals surface area (Å²) in [5, 5.41) is 14.1. The minimum atomic E-state index is -0.490. The van der Waals surface area contributed by atoms with Crippen LogP contribution in [0.2, 0.25) is 0 Å². The number of nitrogens with one attached hydrogen (secondary N) is 1. The zero-order valence-corrected chi connectivity index (χ0v) is 12.5. The first-order valence-corrected chi connectivity index (χ1v) is 7.24. The van der Waals surface area contributed by atoms with Crippen molar-refractivity contribution in [3.8, 4) is 5.88 Å². The molecule has 0 radical (unpaired) electrons. The van der Waals surface area contributed by atoms with Gasteiger partial charge in [-0.3, -0.25) is 15.0 Å². The molecule has 1 aliphatic rings. The molecule has 1 aromatic rings. The van der Waals surface area contributed by atoms with E-state index in [1.54, 1.807) is 6.92 Å². The van der Waals surface area contributed by atoms with E-state index in [1.807, 2.05) is 6.92 Å². The van der Waals surface area contributed by atoms with Crippen LogP contribution in [-0.2, 0) is 0 Å². The molecule has 1 N–H and O–H groups in total. The number of hydrogen-bond acceptors (Lipinski definition) is 7. The van der Waals surface area contributed by atoms with Gasteiger partial charge in [0, 0.05) is 13.1 Å². The fourth-order valence-corrected chi connectivity index (χ4v) is 2.37. The van der Waals surface area contributed by atoms with E-state index in [1.165, 1.54) is 12.8 Å². The van der Waals surface area contributed by atoms with Crippen LogP contribution in [0.3, 0.4) is 0 Å². The average Bonchev–Trinajstić information content (AvgIpc) is 2.91. The van der Waals surface area contributed by atoms with Gasteiger partial charge in [0.2, 0.25) is 5.95 Å². The van der Waals surface area contributed by atoms with Crippen LogP contribution in [-0.4, -0.2) is 52.6 Å². The third-order valence-electron chi connectivity index (χ3n) is 3.39. The van der Waals surface area contributed by atoms with Crippen molar-refractivity contribution in [2.45, 2.75) is 26.7 Å². The van der Waals surface area contributed by atoms with Crippen LogP contribution in [0, 0.1) is 17.0 Å². The quantitative estimate of drug-likeness (QED) is 0.603. The van der Waals surface area contributed by atoms with Crippen molar-refractivity contribution >= 4 is 11.6 Å². The van der Waals surface area contributed by atoms with Crippen LogP contribution in [0.25, 0.3) is 0 Å². The lowest BCUT2D eigenvalue weighted by atomic mass is 10.3. The Morgan fingerprint density at radius 2 is 2.10 bits per heavy atom. The molecule has 2 rings (SSSR count). The Morgan fingerprint density at radius 1 is 1.38 bits per heavy atom. The van der Waals surface area contributed by atoms with E-state index in [9.17, 15) is 10.1 Å². The van der Waals surface area contributed by atoms with Crippen LogP contribution in [0.1, 0.15) is 25.5 Å². The maximum Gasteiger partial charge on any atom is 0.352 e. The smallest absolute Gasteiger partial charge is 0.352 e. The molecule has 0 amide bonds. The average molecular weight is 295 g/mol. The van der Waals surface area contributed by atoms with E-state index in [-0.39, 0.29) is 11.6 Å². The third kappa shape index (κ3) is 4.01. The van der Waals surface area contributed by atoms with Crippen molar-refractivity contribution in [2.24, 2.45) is 0 Å². The van der Waals surface area contributed by atoms with Crippen molar-refractivity contribution in [1.82, 2.24) is 14.9 Å². The Morgan fingerprint density at radius 3 is 2.71 bits per heavy atom. The minimum absolute atomic E-state index is 0.0441. The lowest BCUT2D eigenvalue weighted by Gasteiger charge is -2.15. The molecule has 0 unspecified atom stereocenters. The molecule has 2 heterocycles. The Kier molecular flexibility index (Phi) is 5.26. The van der Waals surface area contributed by atoms with Gasteiger partial charge in [0.25, 0.3) is 5.88 Å². The second kappa shape index (κ2) is 7.16. The first kappa shape index (κ1) is 15.4. The van der Waals surface area contributed by atoms with E-state index in [0.717, 1.165) is 19.6 Å². The molecule has 1 aliphatic heterocycles. The second-order valence-electron chi connectivity index (χ2n) is 4.97. The van der Waals surface area contributed by atoms with Crippen LogP contribution in [0.4, 0.5) is 11.6 Å². The number of rotatable bonds is 7. The minimum Gasteiger partial charge on any atom is -0.471 e. The highest BCUT2D eigenvalue weighted by Gasteiger charge is 2.24. The normalized spacial score (nSPS) is 15.1. The summed E-state index contributed by atoms with van der Waals surface area (Å²) in [6.07, 6.45) is 2.41. The number of likely N-dealkylation sites (tertiary alicyclic amines) is 1. The fourth-order valence-electron chi connectivity index (χ4n) is 2.37. The fraction of sp³-hybridized carbons (Fsp3) is 0.692. The predicted molar refractivity (Wildman–Crippen MR) is 78.8 cm³/mol. The van der Waals surface area contributed by atoms with Crippen LogP contribution in [0.5, 0.6) is 5.88 Å². The van der Waals surface area contributed by atoms with Crippen LogP contribution in [0.15, 0.2) is 0 Å². The molecule has 1 fully saturated rings. The summed E-state index contributed by atoms with van der Waals surface area (Å²) < 4.78 is 5.55. The summed E-state index contributed by atoms with van der Waals surface area (Å²) in [7, 11) is 0. The van der Waals surface area contributed by atoms with E-state index in [0.29, 0.717) is 24.8 Å². The summed E-state index contributed by atoms with van der Waals surface area (Å²) >= 11 is 0. The standard InChI is InChI=1S/C13H21N5O3/c1-3-14-13-15-10(2)11(18(19)20)12(16-13)21-9-8-17-6-4-5-7-17/h3-9H2,1-2H3,(H,14,15,16). The van der Waals surface area contributed by atoms with Crippen molar-refractivity contribution in [1.29, 1.82) is 0 Å². The van der Waals surface area contributed by atoms with Gasteiger partial charge in [-0.15, -0.1) is 0 Å². The van der Waals surface area contributed by atoms with Gasteiger partial charge in [-0.2, -0.15) is 4.98 Å². The zero-order chi connectivity index (χ0) is 15.2. The molecule has 0 saturated carbocycles. The highest BCUT2D eigenvalue weighted by atomic mass is 16.6. The zero-order valence-electron chi connectivity index (χ0n) is 12.5. The van der Waals surface area contributed by atoms with Gasteiger partial charge in [0.15, 0.2) is 0 Å². The predicted octanol–water partition coefficient (Wildman–Crippen LogP) is 1.60. The van der Waals surface area contributed by atoms with Crippen LogP contribution >= 0.6 is 0 Å². The summed E-state index contributed by atoms with van der Waals surface area (Å²) in [6.45, 7) is 7.43. The SMILES string of the molecule is CCNc1nc(C)c([N+](=O)[O-])c(OCCN2CCCC2)n1. The highest BCUT2D eigenvalue weighted by molar-refractivity contribution is 5.48. The molecule has 0 bridgehead atoms. The van der Waals surface area contributed by atoms with Gasteiger partial charge < -0.3 is 10.1 Å². The number of ether oxygens (including phenoxy) is 1. The molecule has 8 heteroatoms. The molecular weight excluding hydrogens is 274 g/mol. The summed E-state index contributed by atoms with van der Waals surface area (Å²) in [5.74, 6) is 0.402. The monoisotopic (exact) mass is 295 g/mol.